The smallest absolute Gasteiger partial charge is 0.421 e. The summed E-state index contributed by atoms with van der Waals surface area (Å²) in [5, 5.41) is 5.24. The Balaban J connectivity index is 1.83. The van der Waals surface area contributed by atoms with Crippen molar-refractivity contribution in [2.75, 3.05) is 17.2 Å². The molecule has 3 rings (SSSR count). The van der Waals surface area contributed by atoms with Gasteiger partial charge in [0.05, 0.1) is 12.3 Å². The van der Waals surface area contributed by atoms with E-state index in [2.05, 4.69) is 20.6 Å². The molecule has 3 aromatic rings. The van der Waals surface area contributed by atoms with Crippen LogP contribution in [0.15, 0.2) is 54.7 Å². The van der Waals surface area contributed by atoms with Gasteiger partial charge in [-0.1, -0.05) is 26.0 Å². The molecule has 1 aromatic heterocycles. The SMILES string of the molecule is CC(C)COc1ccc(Nc2ncc(C(F)(F)F)c(Nc3ccccc3F)n2)cc1. The van der Waals surface area contributed by atoms with E-state index in [0.29, 0.717) is 30.2 Å². The minimum Gasteiger partial charge on any atom is -0.493 e. The van der Waals surface area contributed by atoms with Crippen LogP contribution in [0, 0.1) is 11.7 Å². The van der Waals surface area contributed by atoms with Crippen molar-refractivity contribution < 1.29 is 22.3 Å². The summed E-state index contributed by atoms with van der Waals surface area (Å²) in [6.45, 7) is 4.63. The second-order valence-electron chi connectivity index (χ2n) is 6.91. The third-order valence-corrected chi connectivity index (χ3v) is 3.91. The lowest BCUT2D eigenvalue weighted by atomic mass is 10.2. The zero-order chi connectivity index (χ0) is 21.7. The maximum Gasteiger partial charge on any atom is 0.421 e. The molecule has 0 aliphatic heterocycles. The van der Waals surface area contributed by atoms with Crippen LogP contribution in [0.4, 0.5) is 40.7 Å². The van der Waals surface area contributed by atoms with Gasteiger partial charge in [0, 0.05) is 11.9 Å². The van der Waals surface area contributed by atoms with Crippen molar-refractivity contribution >= 4 is 23.1 Å². The summed E-state index contributed by atoms with van der Waals surface area (Å²) >= 11 is 0. The summed E-state index contributed by atoms with van der Waals surface area (Å²) in [6.07, 6.45) is -4.06. The lowest BCUT2D eigenvalue weighted by Crippen LogP contribution is -2.13. The molecule has 0 bridgehead atoms. The van der Waals surface area contributed by atoms with Crippen LogP contribution in [0.3, 0.4) is 0 Å². The first-order valence-electron chi connectivity index (χ1n) is 9.18. The van der Waals surface area contributed by atoms with E-state index in [0.717, 1.165) is 6.07 Å². The maximum atomic E-state index is 13.9. The summed E-state index contributed by atoms with van der Waals surface area (Å²) in [4.78, 5) is 7.64. The highest BCUT2D eigenvalue weighted by Crippen LogP contribution is 2.35. The summed E-state index contributed by atoms with van der Waals surface area (Å²) in [6, 6.07) is 12.2. The predicted molar refractivity (Wildman–Crippen MR) is 107 cm³/mol. The molecule has 0 atom stereocenters. The zero-order valence-electron chi connectivity index (χ0n) is 16.3. The Morgan fingerprint density at radius 3 is 2.33 bits per heavy atom. The highest BCUT2D eigenvalue weighted by Gasteiger charge is 2.35. The number of alkyl halides is 3. The van der Waals surface area contributed by atoms with Gasteiger partial charge in [0.1, 0.15) is 22.9 Å². The first-order chi connectivity index (χ1) is 14.2. The number of hydrogen-bond donors (Lipinski definition) is 2. The van der Waals surface area contributed by atoms with Crippen molar-refractivity contribution in [2.45, 2.75) is 20.0 Å². The van der Waals surface area contributed by atoms with Gasteiger partial charge in [0.15, 0.2) is 0 Å². The average Bonchev–Trinajstić information content (AvgIpc) is 2.68. The number of hydrogen-bond acceptors (Lipinski definition) is 5. The molecular formula is C21H20F4N4O. The molecule has 0 amide bonds. The third-order valence-electron chi connectivity index (χ3n) is 3.91. The van der Waals surface area contributed by atoms with Gasteiger partial charge in [-0.2, -0.15) is 18.2 Å². The van der Waals surface area contributed by atoms with E-state index in [1.807, 2.05) is 13.8 Å². The summed E-state index contributed by atoms with van der Waals surface area (Å²) in [7, 11) is 0. The largest absolute Gasteiger partial charge is 0.493 e. The van der Waals surface area contributed by atoms with Gasteiger partial charge >= 0.3 is 6.18 Å². The fourth-order valence-corrected chi connectivity index (χ4v) is 2.46. The standard InChI is InChI=1S/C21H20F4N4O/c1-13(2)12-30-15-9-7-14(8-10-15)27-20-26-11-16(21(23,24)25)19(29-20)28-18-6-4-3-5-17(18)22/h3-11,13H,12H2,1-2H3,(H2,26,27,28,29). The van der Waals surface area contributed by atoms with Crippen molar-refractivity contribution in [3.63, 3.8) is 0 Å². The van der Waals surface area contributed by atoms with E-state index in [4.69, 9.17) is 4.74 Å². The molecule has 1 heterocycles. The average molecular weight is 420 g/mol. The minimum absolute atomic E-state index is 0.0716. The maximum absolute atomic E-state index is 13.9. The Morgan fingerprint density at radius 2 is 1.70 bits per heavy atom. The monoisotopic (exact) mass is 420 g/mol. The Labute approximate surface area is 171 Å². The number of aromatic nitrogens is 2. The van der Waals surface area contributed by atoms with E-state index < -0.39 is 23.4 Å². The van der Waals surface area contributed by atoms with Gasteiger partial charge in [-0.3, -0.25) is 0 Å². The van der Waals surface area contributed by atoms with Gasteiger partial charge in [0.2, 0.25) is 5.95 Å². The normalized spacial score (nSPS) is 11.4. The molecule has 2 N–H and O–H groups in total. The predicted octanol–water partition coefficient (Wildman–Crippen LogP) is 6.16. The number of rotatable bonds is 7. The fraction of sp³-hybridized carbons (Fsp3) is 0.238. The van der Waals surface area contributed by atoms with Crippen LogP contribution in [0.1, 0.15) is 19.4 Å². The van der Waals surface area contributed by atoms with Gasteiger partial charge in [-0.25, -0.2) is 9.37 Å². The molecule has 0 saturated carbocycles. The van der Waals surface area contributed by atoms with Crippen molar-refractivity contribution in [2.24, 2.45) is 5.92 Å². The molecule has 0 aliphatic rings. The number of halogens is 4. The number of benzene rings is 2. The highest BCUT2D eigenvalue weighted by atomic mass is 19.4. The van der Waals surface area contributed by atoms with Crippen LogP contribution in [0.5, 0.6) is 5.75 Å². The summed E-state index contributed by atoms with van der Waals surface area (Å²) in [5.74, 6) is -0.274. The molecular weight excluding hydrogens is 400 g/mol. The molecule has 0 fully saturated rings. The summed E-state index contributed by atoms with van der Waals surface area (Å²) < 4.78 is 59.5. The molecule has 0 radical (unpaired) electrons. The fourth-order valence-electron chi connectivity index (χ4n) is 2.46. The Bertz CT molecular complexity index is 991. The Hall–Kier alpha value is -3.36. The number of para-hydroxylation sites is 1. The minimum atomic E-state index is -4.71. The van der Waals surface area contributed by atoms with E-state index in [1.54, 1.807) is 24.3 Å². The quantitative estimate of drug-likeness (QED) is 0.449. The lowest BCUT2D eigenvalue weighted by molar-refractivity contribution is -0.137. The Kier molecular flexibility index (Phi) is 6.39. The second kappa shape index (κ2) is 8.98. The Morgan fingerprint density at radius 1 is 1.00 bits per heavy atom. The van der Waals surface area contributed by atoms with Crippen molar-refractivity contribution in [1.82, 2.24) is 9.97 Å². The molecule has 9 heteroatoms. The first kappa shape index (κ1) is 21.4. The number of ether oxygens (including phenoxy) is 1. The first-order valence-corrected chi connectivity index (χ1v) is 9.18. The van der Waals surface area contributed by atoms with E-state index in [9.17, 15) is 17.6 Å². The molecule has 30 heavy (non-hydrogen) atoms. The van der Waals surface area contributed by atoms with Gasteiger partial charge in [-0.05, 0) is 42.3 Å². The van der Waals surface area contributed by atoms with Crippen molar-refractivity contribution in [3.05, 3.63) is 66.1 Å². The zero-order valence-corrected chi connectivity index (χ0v) is 16.3. The van der Waals surface area contributed by atoms with E-state index in [1.165, 1.54) is 18.2 Å². The van der Waals surface area contributed by atoms with Crippen molar-refractivity contribution in [3.8, 4) is 5.75 Å². The molecule has 2 aromatic carbocycles. The van der Waals surface area contributed by atoms with Crippen LogP contribution in [-0.4, -0.2) is 16.6 Å². The topological polar surface area (TPSA) is 59.1 Å². The van der Waals surface area contributed by atoms with Crippen LogP contribution in [0.2, 0.25) is 0 Å². The van der Waals surface area contributed by atoms with Gasteiger partial charge in [-0.15, -0.1) is 0 Å². The van der Waals surface area contributed by atoms with Crippen LogP contribution < -0.4 is 15.4 Å². The molecule has 0 spiro atoms. The van der Waals surface area contributed by atoms with Crippen molar-refractivity contribution in [1.29, 1.82) is 0 Å². The van der Waals surface area contributed by atoms with Crippen LogP contribution >= 0.6 is 0 Å². The van der Waals surface area contributed by atoms with Gasteiger partial charge < -0.3 is 15.4 Å². The number of anilines is 4. The molecule has 5 nitrogen and oxygen atoms in total. The second-order valence-corrected chi connectivity index (χ2v) is 6.91. The number of nitrogens with one attached hydrogen (secondary N) is 2. The highest BCUT2D eigenvalue weighted by molar-refractivity contribution is 5.63. The third kappa shape index (κ3) is 5.59. The van der Waals surface area contributed by atoms with Crippen LogP contribution in [-0.2, 0) is 6.18 Å². The molecule has 0 unspecified atom stereocenters. The lowest BCUT2D eigenvalue weighted by Gasteiger charge is -2.15. The van der Waals surface area contributed by atoms with Gasteiger partial charge in [0.25, 0.3) is 0 Å². The van der Waals surface area contributed by atoms with Crippen LogP contribution in [0.25, 0.3) is 0 Å². The van der Waals surface area contributed by atoms with E-state index >= 15 is 0 Å². The number of nitrogens with zero attached hydrogens (tertiary/aromatic N) is 2. The molecule has 158 valence electrons. The van der Waals surface area contributed by atoms with E-state index in [-0.39, 0.29) is 11.6 Å². The summed E-state index contributed by atoms with van der Waals surface area (Å²) in [5.41, 5.74) is -0.670. The molecule has 0 saturated heterocycles. The molecule has 0 aliphatic carbocycles.